The van der Waals surface area contributed by atoms with Gasteiger partial charge >= 0.3 is 5.69 Å². The Bertz CT molecular complexity index is 902. The summed E-state index contributed by atoms with van der Waals surface area (Å²) in [4.78, 5) is 24.5. The molecule has 0 radical (unpaired) electrons. The average Bonchev–Trinajstić information content (AvgIpc) is 2.56. The minimum atomic E-state index is -0.566. The number of hydrogen-bond acceptors (Lipinski definition) is 4. The average molecular weight is 324 g/mol. The van der Waals surface area contributed by atoms with E-state index in [1.54, 1.807) is 7.05 Å². The lowest BCUT2D eigenvalue weighted by atomic mass is 9.77. The van der Waals surface area contributed by atoms with Gasteiger partial charge in [-0.1, -0.05) is 36.8 Å². The van der Waals surface area contributed by atoms with E-state index < -0.39 is 11.2 Å². The van der Waals surface area contributed by atoms with E-state index in [0.717, 1.165) is 23.0 Å². The van der Waals surface area contributed by atoms with Gasteiger partial charge in [-0.25, -0.2) is 4.79 Å². The summed E-state index contributed by atoms with van der Waals surface area (Å²) in [6.07, 6.45) is 3.36. The normalized spacial score (nSPS) is 15.4. The van der Waals surface area contributed by atoms with Crippen LogP contribution in [0.1, 0.15) is 36.4 Å². The first-order valence-electron chi connectivity index (χ1n) is 8.06. The van der Waals surface area contributed by atoms with E-state index in [1.165, 1.54) is 18.0 Å². The minimum Gasteiger partial charge on any atom is -0.363 e. The highest BCUT2D eigenvalue weighted by molar-refractivity contribution is 5.53. The SMILES string of the molecule is Cn1c(NC(c2ccccc2)C2CCC2)c(C#N)c(=O)n(C)c1=O. The van der Waals surface area contributed by atoms with Crippen molar-refractivity contribution in [2.45, 2.75) is 25.3 Å². The van der Waals surface area contributed by atoms with Gasteiger partial charge in [-0.2, -0.15) is 5.26 Å². The Morgan fingerprint density at radius 1 is 1.17 bits per heavy atom. The molecule has 1 fully saturated rings. The van der Waals surface area contributed by atoms with Gasteiger partial charge in [0.2, 0.25) is 0 Å². The summed E-state index contributed by atoms with van der Waals surface area (Å²) in [5, 5.41) is 12.7. The summed E-state index contributed by atoms with van der Waals surface area (Å²) < 4.78 is 2.30. The molecule has 1 aliphatic carbocycles. The van der Waals surface area contributed by atoms with Crippen LogP contribution >= 0.6 is 0 Å². The second-order valence-electron chi connectivity index (χ2n) is 6.26. The molecule has 0 amide bonds. The number of aromatic nitrogens is 2. The van der Waals surface area contributed by atoms with Gasteiger partial charge in [0.05, 0.1) is 6.04 Å². The maximum absolute atomic E-state index is 12.3. The van der Waals surface area contributed by atoms with E-state index in [1.807, 2.05) is 36.4 Å². The molecule has 0 bridgehead atoms. The van der Waals surface area contributed by atoms with E-state index in [9.17, 15) is 14.9 Å². The predicted molar refractivity (Wildman–Crippen MR) is 91.8 cm³/mol. The highest BCUT2D eigenvalue weighted by atomic mass is 16.2. The monoisotopic (exact) mass is 324 g/mol. The maximum Gasteiger partial charge on any atom is 0.332 e. The molecule has 1 atom stereocenters. The van der Waals surface area contributed by atoms with E-state index in [2.05, 4.69) is 5.32 Å². The van der Waals surface area contributed by atoms with Crippen molar-refractivity contribution in [3.8, 4) is 6.07 Å². The first kappa shape index (κ1) is 16.1. The summed E-state index contributed by atoms with van der Waals surface area (Å²) in [6.45, 7) is 0. The summed E-state index contributed by atoms with van der Waals surface area (Å²) in [5.74, 6) is 0.726. The Morgan fingerprint density at radius 2 is 1.83 bits per heavy atom. The third-order valence-corrected chi connectivity index (χ3v) is 4.85. The van der Waals surface area contributed by atoms with Crippen LogP contribution in [0.25, 0.3) is 0 Å². The van der Waals surface area contributed by atoms with Gasteiger partial charge in [0.25, 0.3) is 5.56 Å². The van der Waals surface area contributed by atoms with Crippen LogP contribution in [0, 0.1) is 17.2 Å². The highest BCUT2D eigenvalue weighted by Gasteiger charge is 2.30. The lowest BCUT2D eigenvalue weighted by Crippen LogP contribution is -2.41. The van der Waals surface area contributed by atoms with Gasteiger partial charge in [-0.05, 0) is 24.3 Å². The number of rotatable bonds is 4. The summed E-state index contributed by atoms with van der Waals surface area (Å²) >= 11 is 0. The molecule has 0 aliphatic heterocycles. The second kappa shape index (κ2) is 6.36. The number of hydrogen-bond donors (Lipinski definition) is 1. The third kappa shape index (κ3) is 2.62. The first-order valence-corrected chi connectivity index (χ1v) is 8.06. The molecule has 24 heavy (non-hydrogen) atoms. The molecule has 1 aromatic heterocycles. The summed E-state index contributed by atoms with van der Waals surface area (Å²) in [5.41, 5.74) is 0.0597. The topological polar surface area (TPSA) is 79.8 Å². The van der Waals surface area contributed by atoms with Crippen molar-refractivity contribution < 1.29 is 0 Å². The van der Waals surface area contributed by atoms with Gasteiger partial charge in [0.1, 0.15) is 11.9 Å². The van der Waals surface area contributed by atoms with Gasteiger partial charge in [0.15, 0.2) is 5.56 Å². The molecule has 1 unspecified atom stereocenters. The van der Waals surface area contributed by atoms with Gasteiger partial charge in [-0.3, -0.25) is 13.9 Å². The molecule has 0 saturated heterocycles. The Balaban J connectivity index is 2.10. The summed E-state index contributed by atoms with van der Waals surface area (Å²) in [6, 6.07) is 11.9. The van der Waals surface area contributed by atoms with Crippen molar-refractivity contribution >= 4 is 5.82 Å². The first-order chi connectivity index (χ1) is 11.5. The molecule has 2 aromatic rings. The zero-order chi connectivity index (χ0) is 17.3. The Hall–Kier alpha value is -2.81. The number of nitriles is 1. The Labute approximate surface area is 140 Å². The Kier molecular flexibility index (Phi) is 4.26. The van der Waals surface area contributed by atoms with Crippen LogP contribution in [0.15, 0.2) is 39.9 Å². The number of anilines is 1. The van der Waals surface area contributed by atoms with Crippen molar-refractivity contribution in [2.24, 2.45) is 20.0 Å². The van der Waals surface area contributed by atoms with Gasteiger partial charge in [0, 0.05) is 14.1 Å². The molecule has 1 saturated carbocycles. The molecule has 1 N–H and O–H groups in total. The van der Waals surface area contributed by atoms with Crippen molar-refractivity contribution in [3.63, 3.8) is 0 Å². The second-order valence-corrected chi connectivity index (χ2v) is 6.26. The van der Waals surface area contributed by atoms with E-state index in [4.69, 9.17) is 0 Å². The fraction of sp³-hybridized carbons (Fsp3) is 0.389. The summed E-state index contributed by atoms with van der Waals surface area (Å²) in [7, 11) is 2.96. The third-order valence-electron chi connectivity index (χ3n) is 4.85. The van der Waals surface area contributed by atoms with Crippen LogP contribution in [-0.4, -0.2) is 9.13 Å². The molecule has 6 heteroatoms. The molecule has 1 aliphatic rings. The number of benzene rings is 1. The van der Waals surface area contributed by atoms with Crippen LogP contribution in [0.5, 0.6) is 0 Å². The van der Waals surface area contributed by atoms with Crippen LogP contribution in [-0.2, 0) is 14.1 Å². The van der Waals surface area contributed by atoms with Crippen LogP contribution in [0.3, 0.4) is 0 Å². The highest BCUT2D eigenvalue weighted by Crippen LogP contribution is 2.39. The largest absolute Gasteiger partial charge is 0.363 e. The zero-order valence-corrected chi connectivity index (χ0v) is 13.8. The molecule has 1 aromatic carbocycles. The molecule has 0 spiro atoms. The van der Waals surface area contributed by atoms with E-state index in [-0.39, 0.29) is 11.6 Å². The van der Waals surface area contributed by atoms with Gasteiger partial charge in [-0.15, -0.1) is 0 Å². The van der Waals surface area contributed by atoms with Crippen LogP contribution in [0.4, 0.5) is 5.82 Å². The van der Waals surface area contributed by atoms with E-state index in [0.29, 0.717) is 11.7 Å². The van der Waals surface area contributed by atoms with Crippen molar-refractivity contribution in [1.29, 1.82) is 5.26 Å². The zero-order valence-electron chi connectivity index (χ0n) is 13.8. The molecule has 3 rings (SSSR count). The lowest BCUT2D eigenvalue weighted by molar-refractivity contribution is 0.276. The molecule has 1 heterocycles. The van der Waals surface area contributed by atoms with Crippen LogP contribution < -0.4 is 16.6 Å². The lowest BCUT2D eigenvalue weighted by Gasteiger charge is -2.35. The molecular weight excluding hydrogens is 304 g/mol. The fourth-order valence-corrected chi connectivity index (χ4v) is 3.17. The van der Waals surface area contributed by atoms with Crippen molar-refractivity contribution in [3.05, 3.63) is 62.3 Å². The number of nitrogens with one attached hydrogen (secondary N) is 1. The fourth-order valence-electron chi connectivity index (χ4n) is 3.17. The van der Waals surface area contributed by atoms with Crippen LogP contribution in [0.2, 0.25) is 0 Å². The Morgan fingerprint density at radius 3 is 2.38 bits per heavy atom. The maximum atomic E-state index is 12.3. The molecular formula is C18H20N4O2. The van der Waals surface area contributed by atoms with Gasteiger partial charge < -0.3 is 5.32 Å². The predicted octanol–water partition coefficient (Wildman–Crippen LogP) is 1.91. The van der Waals surface area contributed by atoms with Crippen molar-refractivity contribution in [2.75, 3.05) is 5.32 Å². The minimum absolute atomic E-state index is 0.0234. The molecule has 6 nitrogen and oxygen atoms in total. The van der Waals surface area contributed by atoms with Crippen molar-refractivity contribution in [1.82, 2.24) is 9.13 Å². The standard InChI is InChI=1S/C18H20N4O2/c1-21-16(14(11-19)17(23)22(2)18(21)24)20-15(13-9-6-10-13)12-7-4-3-5-8-12/h3-5,7-8,13,15,20H,6,9-10H2,1-2H3. The van der Waals surface area contributed by atoms with E-state index >= 15 is 0 Å². The molecule has 124 valence electrons. The smallest absolute Gasteiger partial charge is 0.332 e. The quantitative estimate of drug-likeness (QED) is 0.931. The number of nitrogens with zero attached hydrogens (tertiary/aromatic N) is 3.